The minimum absolute atomic E-state index is 0.860. The fraction of sp³-hybridized carbons (Fsp3) is 0.357. The third-order valence-corrected chi connectivity index (χ3v) is 4.34. The Hall–Kier alpha value is -0.800. The molecule has 1 heterocycles. The Bertz CT molecular complexity index is 529. The largest absolute Gasteiger partial charge is 0.241 e. The van der Waals surface area contributed by atoms with E-state index in [0.717, 1.165) is 17.9 Å². The van der Waals surface area contributed by atoms with E-state index in [-0.39, 0.29) is 0 Å². The van der Waals surface area contributed by atoms with E-state index in [1.54, 1.807) is 11.3 Å². The molecule has 90 valence electrons. The van der Waals surface area contributed by atoms with Gasteiger partial charge in [-0.1, -0.05) is 12.1 Å². The second-order valence-electron chi connectivity index (χ2n) is 4.28. The molecule has 1 aromatic carbocycles. The molecule has 0 saturated carbocycles. The van der Waals surface area contributed by atoms with Gasteiger partial charge in [0.05, 0.1) is 10.7 Å². The molecule has 0 saturated heterocycles. The van der Waals surface area contributed by atoms with Gasteiger partial charge < -0.3 is 0 Å². The van der Waals surface area contributed by atoms with E-state index in [9.17, 15) is 0 Å². The number of nitrogens with zero attached hydrogens (tertiary/aromatic N) is 1. The number of thiazole rings is 1. The lowest BCUT2D eigenvalue weighted by molar-refractivity contribution is 1.11. The highest BCUT2D eigenvalue weighted by molar-refractivity contribution is 7.80. The van der Waals surface area contributed by atoms with E-state index in [1.807, 2.05) is 0 Å². The van der Waals surface area contributed by atoms with Gasteiger partial charge in [-0.3, -0.25) is 0 Å². The van der Waals surface area contributed by atoms with Crippen LogP contribution in [0, 0.1) is 20.8 Å². The van der Waals surface area contributed by atoms with E-state index < -0.39 is 0 Å². The molecule has 0 atom stereocenters. The van der Waals surface area contributed by atoms with E-state index in [1.165, 1.54) is 27.3 Å². The van der Waals surface area contributed by atoms with E-state index in [4.69, 9.17) is 0 Å². The number of benzene rings is 1. The van der Waals surface area contributed by atoms with E-state index in [2.05, 4.69) is 55.9 Å². The van der Waals surface area contributed by atoms with Crippen molar-refractivity contribution in [3.05, 3.63) is 39.2 Å². The Morgan fingerprint density at radius 3 is 2.65 bits per heavy atom. The number of rotatable bonds is 3. The Morgan fingerprint density at radius 2 is 1.94 bits per heavy atom. The summed E-state index contributed by atoms with van der Waals surface area (Å²) in [4.78, 5) is 4.67. The number of aryl methyl sites for hydroxylation is 2. The molecule has 17 heavy (non-hydrogen) atoms. The topological polar surface area (TPSA) is 12.9 Å². The summed E-state index contributed by atoms with van der Waals surface area (Å²) in [5.74, 6) is 0.860. The van der Waals surface area contributed by atoms with E-state index in [0.29, 0.717) is 0 Å². The highest BCUT2D eigenvalue weighted by Crippen LogP contribution is 2.28. The van der Waals surface area contributed by atoms with Gasteiger partial charge in [-0.15, -0.1) is 11.3 Å². The molecular weight excluding hydrogens is 246 g/mol. The second-order valence-corrected chi connectivity index (χ2v) is 5.67. The van der Waals surface area contributed by atoms with Crippen molar-refractivity contribution in [2.45, 2.75) is 27.2 Å². The van der Waals surface area contributed by atoms with Crippen LogP contribution in [-0.2, 0) is 6.42 Å². The van der Waals surface area contributed by atoms with Crippen LogP contribution in [0.5, 0.6) is 0 Å². The van der Waals surface area contributed by atoms with Crippen molar-refractivity contribution in [1.29, 1.82) is 0 Å². The van der Waals surface area contributed by atoms with Crippen LogP contribution in [0.2, 0.25) is 0 Å². The molecule has 2 aromatic rings. The summed E-state index contributed by atoms with van der Waals surface area (Å²) in [7, 11) is 0. The molecule has 1 nitrogen and oxygen atoms in total. The van der Waals surface area contributed by atoms with Crippen molar-refractivity contribution in [3.63, 3.8) is 0 Å². The summed E-state index contributed by atoms with van der Waals surface area (Å²) in [6.07, 6.45) is 0.956. The molecule has 0 spiro atoms. The van der Waals surface area contributed by atoms with Gasteiger partial charge in [0.15, 0.2) is 0 Å². The minimum atomic E-state index is 0.860. The zero-order valence-electron chi connectivity index (χ0n) is 10.4. The maximum Gasteiger partial charge on any atom is 0.0940 e. The quantitative estimate of drug-likeness (QED) is 0.819. The van der Waals surface area contributed by atoms with Crippen LogP contribution in [0.4, 0.5) is 0 Å². The zero-order valence-corrected chi connectivity index (χ0v) is 12.2. The molecule has 0 N–H and O–H groups in total. The standard InChI is InChI=1S/C14H17NS2/c1-9-4-5-12(11(3)10(9)2)13-8-17-14(15-13)6-7-16/h4-5,8,16H,6-7H2,1-3H3. The van der Waals surface area contributed by atoms with Gasteiger partial charge >= 0.3 is 0 Å². The van der Waals surface area contributed by atoms with Crippen LogP contribution < -0.4 is 0 Å². The van der Waals surface area contributed by atoms with Crippen LogP contribution in [0.3, 0.4) is 0 Å². The van der Waals surface area contributed by atoms with Crippen LogP contribution in [-0.4, -0.2) is 10.7 Å². The third kappa shape index (κ3) is 2.55. The SMILES string of the molecule is Cc1ccc(-c2csc(CCS)n2)c(C)c1C. The number of hydrogen-bond donors (Lipinski definition) is 1. The third-order valence-electron chi connectivity index (χ3n) is 3.21. The first-order valence-corrected chi connectivity index (χ1v) is 7.27. The van der Waals surface area contributed by atoms with Gasteiger partial charge in [-0.25, -0.2) is 4.98 Å². The fourth-order valence-corrected chi connectivity index (χ4v) is 3.04. The molecule has 0 aliphatic rings. The first kappa shape index (κ1) is 12.7. The minimum Gasteiger partial charge on any atom is -0.241 e. The normalized spacial score (nSPS) is 10.8. The van der Waals surface area contributed by atoms with Gasteiger partial charge in [-0.2, -0.15) is 12.6 Å². The molecule has 0 bridgehead atoms. The van der Waals surface area contributed by atoms with Crippen molar-refractivity contribution < 1.29 is 0 Å². The molecule has 0 amide bonds. The van der Waals surface area contributed by atoms with Gasteiger partial charge in [0.1, 0.15) is 0 Å². The first-order valence-electron chi connectivity index (χ1n) is 5.76. The summed E-state index contributed by atoms with van der Waals surface area (Å²) in [6.45, 7) is 6.50. The summed E-state index contributed by atoms with van der Waals surface area (Å²) in [6, 6.07) is 4.35. The highest BCUT2D eigenvalue weighted by atomic mass is 32.1. The van der Waals surface area contributed by atoms with Crippen LogP contribution >= 0.6 is 24.0 Å². The molecule has 0 fully saturated rings. The van der Waals surface area contributed by atoms with Gasteiger partial charge in [0.25, 0.3) is 0 Å². The average molecular weight is 263 g/mol. The predicted octanol–water partition coefficient (Wildman–Crippen LogP) is 4.21. The number of thiol groups is 1. The Balaban J connectivity index is 2.42. The van der Waals surface area contributed by atoms with Crippen molar-refractivity contribution in [2.75, 3.05) is 5.75 Å². The molecule has 0 aliphatic carbocycles. The molecule has 1 aromatic heterocycles. The van der Waals surface area contributed by atoms with Crippen molar-refractivity contribution >= 4 is 24.0 Å². The van der Waals surface area contributed by atoms with Gasteiger partial charge in [-0.05, 0) is 43.2 Å². The summed E-state index contributed by atoms with van der Waals surface area (Å²) in [5.41, 5.74) is 6.41. The monoisotopic (exact) mass is 263 g/mol. The fourth-order valence-electron chi connectivity index (χ4n) is 1.88. The molecular formula is C14H17NS2. The Morgan fingerprint density at radius 1 is 1.18 bits per heavy atom. The molecule has 0 unspecified atom stereocenters. The predicted molar refractivity (Wildman–Crippen MR) is 79.3 cm³/mol. The Labute approximate surface area is 112 Å². The average Bonchev–Trinajstić information content (AvgIpc) is 2.75. The maximum absolute atomic E-state index is 4.67. The molecule has 2 rings (SSSR count). The lowest BCUT2D eigenvalue weighted by Gasteiger charge is -2.09. The van der Waals surface area contributed by atoms with Crippen LogP contribution in [0.25, 0.3) is 11.3 Å². The van der Waals surface area contributed by atoms with Crippen LogP contribution in [0.15, 0.2) is 17.5 Å². The summed E-state index contributed by atoms with van der Waals surface area (Å²) in [5, 5.41) is 3.32. The van der Waals surface area contributed by atoms with Crippen molar-refractivity contribution in [2.24, 2.45) is 0 Å². The zero-order chi connectivity index (χ0) is 12.4. The summed E-state index contributed by atoms with van der Waals surface area (Å²) < 4.78 is 0. The van der Waals surface area contributed by atoms with Crippen LogP contribution in [0.1, 0.15) is 21.7 Å². The van der Waals surface area contributed by atoms with Gasteiger partial charge in [0, 0.05) is 17.4 Å². The number of hydrogen-bond acceptors (Lipinski definition) is 3. The molecule has 0 radical (unpaired) electrons. The maximum atomic E-state index is 4.67. The smallest absolute Gasteiger partial charge is 0.0940 e. The van der Waals surface area contributed by atoms with Crippen molar-refractivity contribution in [3.8, 4) is 11.3 Å². The number of aromatic nitrogens is 1. The Kier molecular flexibility index (Phi) is 3.89. The highest BCUT2D eigenvalue weighted by Gasteiger charge is 2.09. The summed E-state index contributed by atoms with van der Waals surface area (Å²) >= 11 is 5.97. The van der Waals surface area contributed by atoms with Gasteiger partial charge in [0.2, 0.25) is 0 Å². The first-order chi connectivity index (χ1) is 8.13. The molecule has 0 aliphatic heterocycles. The van der Waals surface area contributed by atoms with Crippen molar-refractivity contribution in [1.82, 2.24) is 4.98 Å². The lowest BCUT2D eigenvalue weighted by atomic mass is 9.97. The second kappa shape index (κ2) is 5.23. The lowest BCUT2D eigenvalue weighted by Crippen LogP contribution is -1.91. The van der Waals surface area contributed by atoms with E-state index >= 15 is 0 Å². The molecule has 3 heteroatoms.